The molecule has 0 spiro atoms. The molecule has 4 rings (SSSR count). The van der Waals surface area contributed by atoms with Gasteiger partial charge in [-0.1, -0.05) is 99.6 Å². The molecule has 1 fully saturated rings. The van der Waals surface area contributed by atoms with Crippen LogP contribution in [0.15, 0.2) is 89.9 Å². The zero-order valence-corrected chi connectivity index (χ0v) is 22.7. The monoisotopic (exact) mass is 527 g/mol. The Bertz CT molecular complexity index is 1300. The highest BCUT2D eigenvalue weighted by Gasteiger charge is 2.36. The molecule has 3 aromatic carbocycles. The average Bonchev–Trinajstić information content (AvgIpc) is 3.38. The summed E-state index contributed by atoms with van der Waals surface area (Å²) >= 11 is 0. The van der Waals surface area contributed by atoms with Gasteiger partial charge in [-0.15, -0.1) is 0 Å². The third kappa shape index (κ3) is 6.99. The summed E-state index contributed by atoms with van der Waals surface area (Å²) in [6.07, 6.45) is 0.480. The van der Waals surface area contributed by atoms with Crippen LogP contribution in [0.25, 0.3) is 0 Å². The van der Waals surface area contributed by atoms with Crippen molar-refractivity contribution in [1.29, 1.82) is 0 Å². The van der Waals surface area contributed by atoms with E-state index in [2.05, 4.69) is 27.3 Å². The molecular formula is C32H37N3O4. The number of rotatable bonds is 9. The molecule has 39 heavy (non-hydrogen) atoms. The number of aliphatic carboxylic acids is 1. The van der Waals surface area contributed by atoms with Crippen molar-refractivity contribution in [3.05, 3.63) is 102 Å². The van der Waals surface area contributed by atoms with Crippen molar-refractivity contribution >= 4 is 23.3 Å². The van der Waals surface area contributed by atoms with Gasteiger partial charge in [0.15, 0.2) is 6.04 Å². The number of aliphatic imine (C=N–C) groups is 1. The molecule has 0 aliphatic carbocycles. The van der Waals surface area contributed by atoms with Gasteiger partial charge in [-0.2, -0.15) is 0 Å². The molecule has 0 bridgehead atoms. The summed E-state index contributed by atoms with van der Waals surface area (Å²) in [4.78, 5) is 32.7. The third-order valence-electron chi connectivity index (χ3n) is 7.09. The lowest BCUT2D eigenvalue weighted by Gasteiger charge is -2.29. The van der Waals surface area contributed by atoms with Gasteiger partial charge < -0.3 is 15.5 Å². The predicted octanol–water partition coefficient (Wildman–Crippen LogP) is 4.99. The van der Waals surface area contributed by atoms with E-state index in [1.807, 2.05) is 66.7 Å². The maximum atomic E-state index is 13.6. The smallest absolute Gasteiger partial charge is 0.331 e. The van der Waals surface area contributed by atoms with Gasteiger partial charge in [0.25, 0.3) is 0 Å². The lowest BCUT2D eigenvalue weighted by molar-refractivity contribution is -0.143. The van der Waals surface area contributed by atoms with Crippen LogP contribution in [0.1, 0.15) is 50.3 Å². The molecule has 0 unspecified atom stereocenters. The van der Waals surface area contributed by atoms with Gasteiger partial charge in [-0.25, -0.2) is 4.79 Å². The number of carbonyl (C=O) groups excluding carboxylic acids is 1. The number of amides is 1. The zero-order chi connectivity index (χ0) is 28.0. The van der Waals surface area contributed by atoms with Crippen molar-refractivity contribution in [2.75, 3.05) is 11.9 Å². The first-order chi connectivity index (χ1) is 18.6. The van der Waals surface area contributed by atoms with Gasteiger partial charge in [0, 0.05) is 17.7 Å². The molecule has 1 saturated heterocycles. The van der Waals surface area contributed by atoms with E-state index in [0.717, 1.165) is 24.9 Å². The summed E-state index contributed by atoms with van der Waals surface area (Å²) in [6, 6.07) is 25.0. The maximum absolute atomic E-state index is 13.6. The van der Waals surface area contributed by atoms with Gasteiger partial charge in [0.05, 0.1) is 23.5 Å². The van der Waals surface area contributed by atoms with Crippen molar-refractivity contribution in [3.63, 3.8) is 0 Å². The second-order valence-corrected chi connectivity index (χ2v) is 11.1. The Labute approximate surface area is 230 Å². The fraction of sp³-hybridized carbons (Fsp3) is 0.344. The summed E-state index contributed by atoms with van der Waals surface area (Å²) in [7, 11) is 0. The number of anilines is 1. The first kappa shape index (κ1) is 28.2. The first-order valence-corrected chi connectivity index (χ1v) is 13.4. The van der Waals surface area contributed by atoms with E-state index in [1.165, 1.54) is 0 Å². The number of carbonyl (C=O) groups is 2. The molecule has 1 aliphatic heterocycles. The zero-order valence-electron chi connectivity index (χ0n) is 22.7. The molecule has 7 nitrogen and oxygen atoms in total. The molecule has 3 N–H and O–H groups in total. The predicted molar refractivity (Wildman–Crippen MR) is 154 cm³/mol. The second-order valence-electron chi connectivity index (χ2n) is 11.1. The topological polar surface area (TPSA) is 102 Å². The molecule has 7 heteroatoms. The molecule has 0 saturated carbocycles. The Kier molecular flexibility index (Phi) is 8.94. The largest absolute Gasteiger partial charge is 0.480 e. The number of aliphatic hydroxyl groups excluding tert-OH is 1. The van der Waals surface area contributed by atoms with Crippen LogP contribution in [-0.4, -0.2) is 57.4 Å². The van der Waals surface area contributed by atoms with Crippen LogP contribution in [0, 0.1) is 5.41 Å². The van der Waals surface area contributed by atoms with Crippen LogP contribution >= 0.6 is 0 Å². The fourth-order valence-electron chi connectivity index (χ4n) is 4.91. The van der Waals surface area contributed by atoms with Crippen LogP contribution in [0.2, 0.25) is 0 Å². The number of carboxylic acid groups (broad SMARTS) is 1. The van der Waals surface area contributed by atoms with Gasteiger partial charge in [0.2, 0.25) is 5.91 Å². The molecule has 204 valence electrons. The van der Waals surface area contributed by atoms with E-state index in [1.54, 1.807) is 26.8 Å². The molecule has 0 aromatic heterocycles. The third-order valence-corrected chi connectivity index (χ3v) is 7.09. The van der Waals surface area contributed by atoms with Crippen molar-refractivity contribution in [1.82, 2.24) is 4.90 Å². The number of carboxylic acids is 1. The quantitative estimate of drug-likeness (QED) is 0.341. The van der Waals surface area contributed by atoms with Crippen LogP contribution in [0.5, 0.6) is 0 Å². The molecule has 1 aliphatic rings. The summed E-state index contributed by atoms with van der Waals surface area (Å²) in [5.74, 6) is -1.32. The summed E-state index contributed by atoms with van der Waals surface area (Å²) in [5, 5.41) is 24.0. The van der Waals surface area contributed by atoms with Crippen molar-refractivity contribution in [2.24, 2.45) is 10.4 Å². The normalized spacial score (nSPS) is 17.9. The van der Waals surface area contributed by atoms with Crippen molar-refractivity contribution in [2.45, 2.75) is 58.3 Å². The number of hydrogen-bond donors (Lipinski definition) is 3. The number of nitrogens with one attached hydrogen (secondary N) is 1. The highest BCUT2D eigenvalue weighted by molar-refractivity contribution is 6.17. The molecule has 3 atom stereocenters. The average molecular weight is 528 g/mol. The van der Waals surface area contributed by atoms with Gasteiger partial charge in [-0.05, 0) is 36.4 Å². The van der Waals surface area contributed by atoms with Gasteiger partial charge >= 0.3 is 5.97 Å². The Hall–Kier alpha value is -3.81. The second kappa shape index (κ2) is 12.4. The van der Waals surface area contributed by atoms with E-state index >= 15 is 0 Å². The number of benzene rings is 3. The maximum Gasteiger partial charge on any atom is 0.331 e. The van der Waals surface area contributed by atoms with E-state index < -0.39 is 23.5 Å². The fourth-order valence-corrected chi connectivity index (χ4v) is 4.91. The SMILES string of the molecule is CC(C)(C)[C@H](O)[C@@H](N=C(c1ccccc1)c1ccccc1NC(=O)[C@@H]1CCCN1Cc1ccccc1)C(=O)O. The van der Waals surface area contributed by atoms with Gasteiger partial charge in [-0.3, -0.25) is 14.7 Å². The van der Waals surface area contributed by atoms with Crippen LogP contribution in [0.3, 0.4) is 0 Å². The Morgan fingerprint density at radius 2 is 1.59 bits per heavy atom. The molecule has 3 aromatic rings. The summed E-state index contributed by atoms with van der Waals surface area (Å²) in [6.45, 7) is 6.88. The first-order valence-electron chi connectivity index (χ1n) is 13.4. The van der Waals surface area contributed by atoms with Gasteiger partial charge in [0.1, 0.15) is 0 Å². The molecule has 1 amide bonds. The lowest BCUT2D eigenvalue weighted by atomic mass is 9.84. The van der Waals surface area contributed by atoms with Crippen LogP contribution in [0.4, 0.5) is 5.69 Å². The standard InChI is InChI=1S/C32H37N3O4/c1-32(2,3)29(36)28(31(38)39)34-27(23-15-8-5-9-16-23)24-17-10-11-18-25(24)33-30(37)26-19-12-20-35(26)21-22-13-6-4-7-14-22/h4-11,13-18,26,28-29,36H,12,19-21H2,1-3H3,(H,33,37)(H,38,39)/t26-,28+,29+/m0/s1. The lowest BCUT2D eigenvalue weighted by Crippen LogP contribution is -2.42. The minimum atomic E-state index is -1.39. The number of aliphatic hydroxyl groups is 1. The number of hydrogen-bond acceptors (Lipinski definition) is 5. The Balaban J connectivity index is 1.68. The van der Waals surface area contributed by atoms with Crippen molar-refractivity contribution < 1.29 is 19.8 Å². The molecular weight excluding hydrogens is 490 g/mol. The summed E-state index contributed by atoms with van der Waals surface area (Å²) < 4.78 is 0. The molecule has 1 heterocycles. The Morgan fingerprint density at radius 3 is 2.23 bits per heavy atom. The minimum absolute atomic E-state index is 0.104. The van der Waals surface area contributed by atoms with E-state index in [-0.39, 0.29) is 11.9 Å². The highest BCUT2D eigenvalue weighted by Crippen LogP contribution is 2.28. The van der Waals surface area contributed by atoms with E-state index in [0.29, 0.717) is 29.1 Å². The van der Waals surface area contributed by atoms with E-state index in [4.69, 9.17) is 0 Å². The number of para-hydroxylation sites is 1. The summed E-state index contributed by atoms with van der Waals surface area (Å²) in [5.41, 5.74) is 2.69. The molecule has 0 radical (unpaired) electrons. The Morgan fingerprint density at radius 1 is 0.974 bits per heavy atom. The van der Waals surface area contributed by atoms with Crippen LogP contribution in [-0.2, 0) is 16.1 Å². The highest BCUT2D eigenvalue weighted by atomic mass is 16.4. The van der Waals surface area contributed by atoms with Crippen LogP contribution < -0.4 is 5.32 Å². The number of nitrogens with zero attached hydrogens (tertiary/aromatic N) is 2. The number of likely N-dealkylation sites (tertiary alicyclic amines) is 1. The van der Waals surface area contributed by atoms with Crippen molar-refractivity contribution in [3.8, 4) is 0 Å². The minimum Gasteiger partial charge on any atom is -0.480 e. The van der Waals surface area contributed by atoms with E-state index in [9.17, 15) is 19.8 Å².